The Morgan fingerprint density at radius 3 is 2.54 bits per heavy atom. The average Bonchev–Trinajstić information content (AvgIpc) is 3.30. The number of benzene rings is 2. The molecule has 1 aromatic heterocycles. The summed E-state index contributed by atoms with van der Waals surface area (Å²) in [4.78, 5) is 3.35. The fourth-order valence-electron chi connectivity index (χ4n) is 3.34. The van der Waals surface area contributed by atoms with E-state index in [0.29, 0.717) is 48.5 Å². The van der Waals surface area contributed by atoms with Gasteiger partial charge in [0, 0.05) is 19.1 Å². The topological polar surface area (TPSA) is 88.9 Å². The van der Waals surface area contributed by atoms with Crippen molar-refractivity contribution >= 4 is 38.9 Å². The number of nitrogens with one attached hydrogen (secondary N) is 2. The second-order valence-electron chi connectivity index (χ2n) is 7.96. The van der Waals surface area contributed by atoms with Crippen LogP contribution in [-0.2, 0) is 29.2 Å². The SMILES string of the molecule is CC(CCn1cncn1)NS(=O)(=O)c1cc(C(F)(F)F)ccc1NCCCc1ccc(Cl)c(Cl)c1. The number of nitrogens with zero attached hydrogens (tertiary/aromatic N) is 3. The number of sulfonamides is 1. The summed E-state index contributed by atoms with van der Waals surface area (Å²) in [7, 11) is -4.25. The summed E-state index contributed by atoms with van der Waals surface area (Å²) in [5.41, 5.74) is -0.0260. The third-order valence-corrected chi connectivity index (χ3v) is 7.52. The summed E-state index contributed by atoms with van der Waals surface area (Å²) in [5.74, 6) is 0. The monoisotopic (exact) mass is 549 g/mol. The van der Waals surface area contributed by atoms with Gasteiger partial charge in [-0.25, -0.2) is 18.1 Å². The Kier molecular flexibility index (Phi) is 9.03. The first-order valence-electron chi connectivity index (χ1n) is 10.7. The molecule has 3 rings (SSSR count). The molecular formula is C22H24Cl2F3N5O2S. The zero-order valence-electron chi connectivity index (χ0n) is 18.7. The molecular weight excluding hydrogens is 526 g/mol. The highest BCUT2D eigenvalue weighted by Gasteiger charge is 2.33. The van der Waals surface area contributed by atoms with Crippen molar-refractivity contribution in [3.05, 3.63) is 70.2 Å². The second kappa shape index (κ2) is 11.6. The minimum Gasteiger partial charge on any atom is -0.384 e. The van der Waals surface area contributed by atoms with Gasteiger partial charge in [-0.1, -0.05) is 29.3 Å². The van der Waals surface area contributed by atoms with Crippen LogP contribution in [0.1, 0.15) is 30.9 Å². The number of alkyl halides is 3. The first-order valence-corrected chi connectivity index (χ1v) is 12.9. The van der Waals surface area contributed by atoms with E-state index in [1.165, 1.54) is 17.3 Å². The highest BCUT2D eigenvalue weighted by Crippen LogP contribution is 2.33. The molecule has 0 aliphatic rings. The largest absolute Gasteiger partial charge is 0.416 e. The van der Waals surface area contributed by atoms with E-state index in [0.717, 1.165) is 17.7 Å². The molecule has 1 atom stereocenters. The number of hydrogen-bond acceptors (Lipinski definition) is 5. The maximum absolute atomic E-state index is 13.3. The molecule has 0 aliphatic heterocycles. The van der Waals surface area contributed by atoms with Crippen LogP contribution in [0.2, 0.25) is 10.0 Å². The van der Waals surface area contributed by atoms with E-state index in [1.54, 1.807) is 19.1 Å². The molecule has 7 nitrogen and oxygen atoms in total. The molecule has 35 heavy (non-hydrogen) atoms. The fourth-order valence-corrected chi connectivity index (χ4v) is 5.15. The van der Waals surface area contributed by atoms with Crippen molar-refractivity contribution in [1.29, 1.82) is 0 Å². The van der Waals surface area contributed by atoms with E-state index in [2.05, 4.69) is 20.1 Å². The van der Waals surface area contributed by atoms with Crippen molar-refractivity contribution in [2.24, 2.45) is 0 Å². The second-order valence-corrected chi connectivity index (χ2v) is 10.5. The van der Waals surface area contributed by atoms with Crippen molar-refractivity contribution in [3.8, 4) is 0 Å². The van der Waals surface area contributed by atoms with Gasteiger partial charge in [-0.05, 0) is 62.1 Å². The van der Waals surface area contributed by atoms with Crippen molar-refractivity contribution in [1.82, 2.24) is 19.5 Å². The highest BCUT2D eigenvalue weighted by molar-refractivity contribution is 7.89. The van der Waals surface area contributed by atoms with Gasteiger partial charge in [0.2, 0.25) is 10.0 Å². The molecule has 2 N–H and O–H groups in total. The minimum atomic E-state index is -4.69. The van der Waals surface area contributed by atoms with E-state index in [1.807, 2.05) is 6.07 Å². The Hall–Kier alpha value is -2.34. The Bertz CT molecular complexity index is 1240. The van der Waals surface area contributed by atoms with Gasteiger partial charge in [-0.3, -0.25) is 4.68 Å². The van der Waals surface area contributed by atoms with Crippen molar-refractivity contribution in [2.75, 3.05) is 11.9 Å². The molecule has 1 unspecified atom stereocenters. The van der Waals surface area contributed by atoms with E-state index in [4.69, 9.17) is 23.2 Å². The lowest BCUT2D eigenvalue weighted by Gasteiger charge is -2.19. The van der Waals surface area contributed by atoms with E-state index >= 15 is 0 Å². The maximum atomic E-state index is 13.3. The van der Waals surface area contributed by atoms with Gasteiger partial charge < -0.3 is 5.32 Å². The lowest BCUT2D eigenvalue weighted by molar-refractivity contribution is -0.137. The summed E-state index contributed by atoms with van der Waals surface area (Å²) in [6.07, 6.45) is -0.265. The number of aryl methyl sites for hydroxylation is 2. The molecule has 2 aromatic carbocycles. The molecule has 0 fully saturated rings. The van der Waals surface area contributed by atoms with Gasteiger partial charge in [0.15, 0.2) is 0 Å². The molecule has 0 aliphatic carbocycles. The Morgan fingerprint density at radius 2 is 1.89 bits per heavy atom. The molecule has 0 saturated carbocycles. The Morgan fingerprint density at radius 1 is 1.11 bits per heavy atom. The summed E-state index contributed by atoms with van der Waals surface area (Å²) in [5, 5.41) is 7.77. The predicted octanol–water partition coefficient (Wildman–Crippen LogP) is 5.41. The number of anilines is 1. The standard InChI is InChI=1S/C22H24Cl2F3N5O2S/c1-15(8-10-32-14-28-13-30-32)31-35(33,34)21-12-17(22(25,26)27)5-7-20(21)29-9-2-3-16-4-6-18(23)19(24)11-16/h4-7,11-15,29,31H,2-3,8-10H2,1H3. The van der Waals surface area contributed by atoms with Crippen LogP contribution < -0.4 is 10.0 Å². The average molecular weight is 550 g/mol. The molecule has 190 valence electrons. The third kappa shape index (κ3) is 7.83. The number of aromatic nitrogens is 3. The van der Waals surface area contributed by atoms with Gasteiger partial charge in [0.1, 0.15) is 17.6 Å². The molecule has 0 bridgehead atoms. The van der Waals surface area contributed by atoms with Crippen LogP contribution in [-0.4, -0.2) is 35.8 Å². The van der Waals surface area contributed by atoms with E-state index in [-0.39, 0.29) is 5.69 Å². The lowest BCUT2D eigenvalue weighted by atomic mass is 10.1. The molecule has 0 saturated heterocycles. The Labute approximate surface area is 211 Å². The van der Waals surface area contributed by atoms with Crippen LogP contribution in [0.25, 0.3) is 0 Å². The lowest BCUT2D eigenvalue weighted by Crippen LogP contribution is -2.34. The van der Waals surface area contributed by atoms with E-state index in [9.17, 15) is 21.6 Å². The smallest absolute Gasteiger partial charge is 0.384 e. The summed E-state index contributed by atoms with van der Waals surface area (Å²) in [6.45, 7) is 2.36. The molecule has 13 heteroatoms. The first-order chi connectivity index (χ1) is 16.5. The number of rotatable bonds is 11. The van der Waals surface area contributed by atoms with Crippen LogP contribution in [0.5, 0.6) is 0 Å². The summed E-state index contributed by atoms with van der Waals surface area (Å²) in [6, 6.07) is 7.33. The van der Waals surface area contributed by atoms with Crippen LogP contribution >= 0.6 is 23.2 Å². The van der Waals surface area contributed by atoms with Crippen molar-refractivity contribution in [2.45, 2.75) is 49.8 Å². The molecule has 0 amide bonds. The van der Waals surface area contributed by atoms with Crippen LogP contribution in [0.3, 0.4) is 0 Å². The summed E-state index contributed by atoms with van der Waals surface area (Å²) >= 11 is 11.9. The molecule has 0 radical (unpaired) electrons. The van der Waals surface area contributed by atoms with Gasteiger partial charge >= 0.3 is 6.18 Å². The normalized spacial score (nSPS) is 13.1. The predicted molar refractivity (Wildman–Crippen MR) is 129 cm³/mol. The maximum Gasteiger partial charge on any atom is 0.416 e. The Balaban J connectivity index is 1.71. The van der Waals surface area contributed by atoms with Crippen molar-refractivity contribution in [3.63, 3.8) is 0 Å². The fraction of sp³-hybridized carbons (Fsp3) is 0.364. The number of hydrogen-bond donors (Lipinski definition) is 2. The third-order valence-electron chi connectivity index (χ3n) is 5.15. The molecule has 0 spiro atoms. The van der Waals surface area contributed by atoms with Gasteiger partial charge in [-0.15, -0.1) is 0 Å². The van der Waals surface area contributed by atoms with Gasteiger partial charge in [-0.2, -0.15) is 18.3 Å². The van der Waals surface area contributed by atoms with E-state index < -0.39 is 32.7 Å². The zero-order valence-corrected chi connectivity index (χ0v) is 21.0. The van der Waals surface area contributed by atoms with Crippen LogP contribution in [0.15, 0.2) is 53.9 Å². The molecule has 1 heterocycles. The number of halogens is 5. The highest BCUT2D eigenvalue weighted by atomic mass is 35.5. The quantitative estimate of drug-likeness (QED) is 0.312. The molecule has 3 aromatic rings. The summed E-state index contributed by atoms with van der Waals surface area (Å²) < 4.78 is 70.0. The zero-order chi connectivity index (χ0) is 25.6. The first kappa shape index (κ1) is 27.3. The van der Waals surface area contributed by atoms with Crippen LogP contribution in [0.4, 0.5) is 18.9 Å². The van der Waals surface area contributed by atoms with Gasteiger partial charge in [0.05, 0.1) is 21.3 Å². The van der Waals surface area contributed by atoms with Gasteiger partial charge in [0.25, 0.3) is 0 Å². The van der Waals surface area contributed by atoms with Crippen molar-refractivity contribution < 1.29 is 21.6 Å². The van der Waals surface area contributed by atoms with Crippen LogP contribution in [0, 0.1) is 0 Å². The minimum absolute atomic E-state index is 0.0862.